The number of hydroxylamine groups is 2. The van der Waals surface area contributed by atoms with Gasteiger partial charge in [-0.1, -0.05) is 53.4 Å². The van der Waals surface area contributed by atoms with Crippen LogP contribution in [0.2, 0.25) is 0 Å². The highest BCUT2D eigenvalue weighted by Gasteiger charge is 2.35. The van der Waals surface area contributed by atoms with Crippen molar-refractivity contribution in [3.8, 4) is 0 Å². The Morgan fingerprint density at radius 2 is 1.23 bits per heavy atom. The summed E-state index contributed by atoms with van der Waals surface area (Å²) in [6, 6.07) is 0. The van der Waals surface area contributed by atoms with Gasteiger partial charge in [-0.3, -0.25) is 14.2 Å². The maximum absolute atomic E-state index is 12.8. The quantitative estimate of drug-likeness (QED) is 0.0623. The monoisotopic (exact) mass is 525 g/mol. The van der Waals surface area contributed by atoms with Gasteiger partial charge in [-0.15, -0.1) is 0 Å². The van der Waals surface area contributed by atoms with Crippen LogP contribution in [0.1, 0.15) is 85.5 Å². The Balaban J connectivity index is 5.85. The summed E-state index contributed by atoms with van der Waals surface area (Å²) in [7, 11) is -0.446. The molecule has 0 aliphatic carbocycles. The molecule has 0 aliphatic rings. The number of carbonyl (C=O) groups excluding carboxylic acids is 1. The van der Waals surface area contributed by atoms with Crippen LogP contribution in [0, 0.1) is 0 Å². The molecule has 9 nitrogen and oxygen atoms in total. The van der Waals surface area contributed by atoms with Gasteiger partial charge in [0.25, 0.3) is 0 Å². The number of hydrogen-bond donors (Lipinski definition) is 0. The van der Waals surface area contributed by atoms with Crippen molar-refractivity contribution in [1.82, 2.24) is 5.06 Å². The van der Waals surface area contributed by atoms with Crippen LogP contribution in [0.5, 0.6) is 0 Å². The van der Waals surface area contributed by atoms with Crippen molar-refractivity contribution < 1.29 is 37.5 Å². The van der Waals surface area contributed by atoms with Crippen molar-refractivity contribution in [3.05, 3.63) is 0 Å². The van der Waals surface area contributed by atoms with Gasteiger partial charge in [0, 0.05) is 34.0 Å². The Morgan fingerprint density at radius 1 is 0.743 bits per heavy atom. The fraction of sp³-hybridized carbons (Fsp3) is 0.960. The van der Waals surface area contributed by atoms with Gasteiger partial charge in [0.2, 0.25) is 6.41 Å². The summed E-state index contributed by atoms with van der Waals surface area (Å²) in [4.78, 5) is 17.4. The highest BCUT2D eigenvalue weighted by atomic mass is 31.2. The molecule has 0 aromatic heterocycles. The molecule has 10 heteroatoms. The van der Waals surface area contributed by atoms with Crippen LogP contribution in [-0.2, 0) is 37.5 Å². The molecule has 210 valence electrons. The number of unbranched alkanes of at least 4 members (excludes halogenated alkanes) is 4. The van der Waals surface area contributed by atoms with Gasteiger partial charge in [-0.05, 0) is 32.1 Å². The zero-order valence-electron chi connectivity index (χ0n) is 23.1. The summed E-state index contributed by atoms with van der Waals surface area (Å²) in [6.07, 6.45) is 7.39. The molecule has 0 fully saturated rings. The van der Waals surface area contributed by atoms with Crippen molar-refractivity contribution >= 4 is 14.0 Å². The van der Waals surface area contributed by atoms with Gasteiger partial charge in [0.05, 0.1) is 25.4 Å². The van der Waals surface area contributed by atoms with Crippen LogP contribution in [0.3, 0.4) is 0 Å². The first-order valence-corrected chi connectivity index (χ1v) is 15.1. The molecule has 0 spiro atoms. The second-order valence-electron chi connectivity index (χ2n) is 8.59. The number of ether oxygens (including phenoxy) is 3. The normalized spacial score (nSPS) is 14.6. The Hall–Kier alpha value is -0.540. The molecule has 0 saturated carbocycles. The summed E-state index contributed by atoms with van der Waals surface area (Å²) in [5, 5.41) is 1.29. The molecule has 0 radical (unpaired) electrons. The molecule has 0 saturated heterocycles. The van der Waals surface area contributed by atoms with Crippen LogP contribution in [0.25, 0.3) is 0 Å². The van der Waals surface area contributed by atoms with E-state index in [-0.39, 0.29) is 12.7 Å². The Labute approximate surface area is 214 Å². The summed E-state index contributed by atoms with van der Waals surface area (Å²) in [5.41, 5.74) is 0. The molecule has 35 heavy (non-hydrogen) atoms. The fourth-order valence-corrected chi connectivity index (χ4v) is 4.43. The largest absolute Gasteiger partial charge is 0.375 e. The average Bonchev–Trinajstić information content (AvgIpc) is 2.87. The zero-order chi connectivity index (χ0) is 26.4. The Bertz CT molecular complexity index is 532. The lowest BCUT2D eigenvalue weighted by molar-refractivity contribution is -0.201. The fourth-order valence-electron chi connectivity index (χ4n) is 3.34. The van der Waals surface area contributed by atoms with Gasteiger partial charge in [0.15, 0.2) is 0 Å². The van der Waals surface area contributed by atoms with E-state index in [9.17, 15) is 9.36 Å². The maximum Gasteiger partial charge on any atom is 0.330 e. The molecule has 0 unspecified atom stereocenters. The Kier molecular flexibility index (Phi) is 22.3. The van der Waals surface area contributed by atoms with Crippen LogP contribution in [0.15, 0.2) is 0 Å². The zero-order valence-corrected chi connectivity index (χ0v) is 24.0. The van der Waals surface area contributed by atoms with Gasteiger partial charge >= 0.3 is 7.60 Å². The van der Waals surface area contributed by atoms with E-state index in [0.717, 1.165) is 51.4 Å². The molecule has 0 rings (SSSR count). The molecular formula is C25H52NO8P. The van der Waals surface area contributed by atoms with E-state index in [0.29, 0.717) is 39.3 Å². The SMILES string of the molecule is CCCCO[C@H]([C@@H](CCP(=O)(OC)OC)OCCCC)[C@@H](CN(C=O)OCCCC)OCCCC. The number of amides is 1. The van der Waals surface area contributed by atoms with Gasteiger partial charge in [-0.2, -0.15) is 0 Å². The van der Waals surface area contributed by atoms with Crippen molar-refractivity contribution in [3.63, 3.8) is 0 Å². The average molecular weight is 526 g/mol. The molecule has 0 aromatic carbocycles. The van der Waals surface area contributed by atoms with E-state index in [2.05, 4.69) is 27.7 Å². The predicted molar refractivity (Wildman–Crippen MR) is 139 cm³/mol. The first kappa shape index (κ1) is 34.5. The lowest BCUT2D eigenvalue weighted by atomic mass is 10.0. The number of rotatable bonds is 26. The first-order valence-electron chi connectivity index (χ1n) is 13.3. The number of nitrogens with zero attached hydrogens (tertiary/aromatic N) is 1. The second kappa shape index (κ2) is 22.6. The molecule has 0 heterocycles. The first-order chi connectivity index (χ1) is 16.9. The van der Waals surface area contributed by atoms with Crippen LogP contribution in [0.4, 0.5) is 0 Å². The minimum atomic E-state index is -3.22. The van der Waals surface area contributed by atoms with Crippen molar-refractivity contribution in [2.24, 2.45) is 0 Å². The lowest BCUT2D eigenvalue weighted by Crippen LogP contribution is -2.49. The van der Waals surface area contributed by atoms with Gasteiger partial charge < -0.3 is 23.3 Å². The predicted octanol–water partition coefficient (Wildman–Crippen LogP) is 5.61. The van der Waals surface area contributed by atoms with Crippen molar-refractivity contribution in [2.75, 3.05) is 53.4 Å². The van der Waals surface area contributed by atoms with Crippen LogP contribution >= 0.6 is 7.60 Å². The lowest BCUT2D eigenvalue weighted by Gasteiger charge is -2.35. The molecule has 0 N–H and O–H groups in total. The highest BCUT2D eigenvalue weighted by Crippen LogP contribution is 2.47. The third kappa shape index (κ3) is 16.0. The standard InChI is InChI=1S/C25H52NO8P/c1-7-11-16-31-23(15-20-35(28,29-5)30-6)25(33-18-13-9-3)24(32-17-12-8-2)21-26(22-27)34-19-14-10-4/h22-25H,7-21H2,1-6H3/t23-,24-,25-/m1/s1. The summed E-state index contributed by atoms with van der Waals surface area (Å²) in [6.45, 7) is 10.7. The van der Waals surface area contributed by atoms with Gasteiger partial charge in [0.1, 0.15) is 12.2 Å². The van der Waals surface area contributed by atoms with Gasteiger partial charge in [-0.25, -0.2) is 5.06 Å². The highest BCUT2D eigenvalue weighted by molar-refractivity contribution is 7.53. The molecule has 0 aliphatic heterocycles. The molecule has 3 atom stereocenters. The summed E-state index contributed by atoms with van der Waals surface area (Å²) in [5.74, 6) is 0. The number of carbonyl (C=O) groups is 1. The topological polar surface area (TPSA) is 92.8 Å². The third-order valence-corrected chi connectivity index (χ3v) is 7.60. The maximum atomic E-state index is 12.8. The van der Waals surface area contributed by atoms with E-state index < -0.39 is 25.9 Å². The Morgan fingerprint density at radius 3 is 1.71 bits per heavy atom. The van der Waals surface area contributed by atoms with E-state index in [1.807, 2.05) is 0 Å². The van der Waals surface area contributed by atoms with E-state index in [1.165, 1.54) is 19.3 Å². The smallest absolute Gasteiger partial charge is 0.330 e. The minimum Gasteiger partial charge on any atom is -0.375 e. The molecule has 1 amide bonds. The van der Waals surface area contributed by atoms with Crippen molar-refractivity contribution in [2.45, 2.75) is 104 Å². The minimum absolute atomic E-state index is 0.191. The summed E-state index contributed by atoms with van der Waals surface area (Å²) >= 11 is 0. The third-order valence-electron chi connectivity index (χ3n) is 5.68. The number of hydrogen-bond acceptors (Lipinski definition) is 8. The molecular weight excluding hydrogens is 473 g/mol. The summed E-state index contributed by atoms with van der Waals surface area (Å²) < 4.78 is 42.0. The van der Waals surface area contributed by atoms with Crippen LogP contribution in [-0.4, -0.2) is 83.1 Å². The van der Waals surface area contributed by atoms with Crippen molar-refractivity contribution in [1.29, 1.82) is 0 Å². The molecule has 0 aromatic rings. The van der Waals surface area contributed by atoms with E-state index in [1.54, 1.807) is 0 Å². The van der Waals surface area contributed by atoms with Crippen LogP contribution < -0.4 is 0 Å². The molecule has 0 bridgehead atoms. The van der Waals surface area contributed by atoms with E-state index in [4.69, 9.17) is 28.1 Å². The second-order valence-corrected chi connectivity index (χ2v) is 11.0. The van der Waals surface area contributed by atoms with E-state index >= 15 is 0 Å².